The van der Waals surface area contributed by atoms with E-state index in [1.54, 1.807) is 23.5 Å². The Kier molecular flexibility index (Phi) is 6.93. The van der Waals surface area contributed by atoms with Crippen molar-refractivity contribution >= 4 is 48.3 Å². The van der Waals surface area contributed by atoms with Crippen molar-refractivity contribution < 1.29 is 8.42 Å². The summed E-state index contributed by atoms with van der Waals surface area (Å²) in [7, 11) is -3.74. The van der Waals surface area contributed by atoms with E-state index < -0.39 is 10.0 Å². The van der Waals surface area contributed by atoms with Gasteiger partial charge in [-0.05, 0) is 59.2 Å². The Morgan fingerprint density at radius 2 is 2.00 bits per heavy atom. The number of sulfonamides is 1. The molecule has 0 bridgehead atoms. The number of fused-ring (bicyclic) bond motifs is 1. The smallest absolute Gasteiger partial charge is 0.238 e. The third-order valence-corrected chi connectivity index (χ3v) is 7.20. The third-order valence-electron chi connectivity index (χ3n) is 4.68. The molecule has 3 rings (SSSR count). The second-order valence-electron chi connectivity index (χ2n) is 6.74. The Labute approximate surface area is 178 Å². The summed E-state index contributed by atoms with van der Waals surface area (Å²) in [4.78, 5) is 8.50. The van der Waals surface area contributed by atoms with E-state index in [1.807, 2.05) is 6.07 Å². The SMILES string of the molecule is CCCCn1c(CN(CC)Cc2ccc(Br)s2)nc2cc(S(N)(=O)=O)ccc21. The molecule has 0 atom stereocenters. The molecule has 0 aliphatic heterocycles. The number of unbranched alkanes of at least 4 members (excludes halogenated alkanes) is 1. The molecule has 9 heteroatoms. The first kappa shape index (κ1) is 21.4. The van der Waals surface area contributed by atoms with Crippen molar-refractivity contribution in [3.63, 3.8) is 0 Å². The molecule has 0 aliphatic rings. The van der Waals surface area contributed by atoms with Crippen molar-refractivity contribution in [1.82, 2.24) is 14.5 Å². The van der Waals surface area contributed by atoms with E-state index in [4.69, 9.17) is 10.1 Å². The number of hydrogen-bond donors (Lipinski definition) is 1. The number of halogens is 1. The van der Waals surface area contributed by atoms with Crippen LogP contribution >= 0.6 is 27.3 Å². The lowest BCUT2D eigenvalue weighted by Crippen LogP contribution is -2.24. The molecule has 2 aromatic heterocycles. The number of imidazole rings is 1. The number of primary sulfonamides is 1. The Morgan fingerprint density at radius 3 is 2.61 bits per heavy atom. The predicted octanol–water partition coefficient (Wildman–Crippen LogP) is 4.33. The first-order chi connectivity index (χ1) is 13.3. The van der Waals surface area contributed by atoms with Gasteiger partial charge in [0.2, 0.25) is 10.0 Å². The predicted molar refractivity (Wildman–Crippen MR) is 118 cm³/mol. The fraction of sp³-hybridized carbons (Fsp3) is 0.421. The first-order valence-electron chi connectivity index (χ1n) is 9.30. The molecule has 1 aromatic carbocycles. The van der Waals surface area contributed by atoms with Gasteiger partial charge >= 0.3 is 0 Å². The van der Waals surface area contributed by atoms with Crippen LogP contribution in [0.15, 0.2) is 39.0 Å². The minimum atomic E-state index is -3.74. The van der Waals surface area contributed by atoms with Crippen molar-refractivity contribution in [3.8, 4) is 0 Å². The highest BCUT2D eigenvalue weighted by Crippen LogP contribution is 2.25. The molecule has 28 heavy (non-hydrogen) atoms. The van der Waals surface area contributed by atoms with Crippen LogP contribution in [0.1, 0.15) is 37.4 Å². The van der Waals surface area contributed by atoms with Gasteiger partial charge in [0, 0.05) is 18.0 Å². The summed E-state index contributed by atoms with van der Waals surface area (Å²) in [6.45, 7) is 7.61. The van der Waals surface area contributed by atoms with E-state index in [1.165, 1.54) is 4.88 Å². The zero-order chi connectivity index (χ0) is 20.3. The van der Waals surface area contributed by atoms with Crippen LogP contribution in [0.2, 0.25) is 0 Å². The van der Waals surface area contributed by atoms with Gasteiger partial charge in [-0.2, -0.15) is 0 Å². The number of aromatic nitrogens is 2. The van der Waals surface area contributed by atoms with Gasteiger partial charge in [0.25, 0.3) is 0 Å². The normalized spacial score (nSPS) is 12.3. The van der Waals surface area contributed by atoms with E-state index in [0.717, 1.165) is 47.6 Å². The fourth-order valence-electron chi connectivity index (χ4n) is 3.16. The topological polar surface area (TPSA) is 81.2 Å². The Morgan fingerprint density at radius 1 is 1.21 bits per heavy atom. The highest BCUT2D eigenvalue weighted by atomic mass is 79.9. The van der Waals surface area contributed by atoms with E-state index in [-0.39, 0.29) is 4.90 Å². The van der Waals surface area contributed by atoms with Crippen LogP contribution in [0.3, 0.4) is 0 Å². The highest BCUT2D eigenvalue weighted by molar-refractivity contribution is 9.11. The minimum Gasteiger partial charge on any atom is -0.327 e. The van der Waals surface area contributed by atoms with E-state index >= 15 is 0 Å². The zero-order valence-corrected chi connectivity index (χ0v) is 19.3. The summed E-state index contributed by atoms with van der Waals surface area (Å²) >= 11 is 5.26. The molecule has 2 N–H and O–H groups in total. The monoisotopic (exact) mass is 484 g/mol. The molecule has 3 aromatic rings. The van der Waals surface area contributed by atoms with Gasteiger partial charge in [-0.25, -0.2) is 18.5 Å². The summed E-state index contributed by atoms with van der Waals surface area (Å²) in [6, 6.07) is 9.15. The van der Waals surface area contributed by atoms with E-state index in [0.29, 0.717) is 12.1 Å². The standard InChI is InChI=1S/C19H25BrN4O2S2/c1-3-5-10-24-17-8-7-15(28(21,25)26)11-16(17)22-19(24)13-23(4-2)12-14-6-9-18(20)27-14/h6-9,11H,3-5,10,12-13H2,1-2H3,(H2,21,25,26). The Bertz CT molecular complexity index is 1060. The molecule has 152 valence electrons. The van der Waals surface area contributed by atoms with Crippen LogP contribution in [0, 0.1) is 0 Å². The average Bonchev–Trinajstić information content (AvgIpc) is 3.20. The second kappa shape index (κ2) is 9.04. The lowest BCUT2D eigenvalue weighted by atomic mass is 10.3. The number of nitrogens with zero attached hydrogens (tertiary/aromatic N) is 3. The molecule has 0 spiro atoms. The Balaban J connectivity index is 1.94. The number of rotatable bonds is 9. The van der Waals surface area contributed by atoms with Crippen molar-refractivity contribution in [2.24, 2.45) is 5.14 Å². The molecule has 0 radical (unpaired) electrons. The van der Waals surface area contributed by atoms with Gasteiger partial charge in [0.15, 0.2) is 0 Å². The second-order valence-corrected chi connectivity index (χ2v) is 10.8. The molecule has 2 heterocycles. The van der Waals surface area contributed by atoms with Gasteiger partial charge < -0.3 is 4.57 Å². The molecule has 0 unspecified atom stereocenters. The largest absolute Gasteiger partial charge is 0.327 e. The van der Waals surface area contributed by atoms with Crippen LogP contribution in [0.5, 0.6) is 0 Å². The lowest BCUT2D eigenvalue weighted by Gasteiger charge is -2.20. The van der Waals surface area contributed by atoms with Crippen molar-refractivity contribution in [1.29, 1.82) is 0 Å². The first-order valence-corrected chi connectivity index (χ1v) is 12.5. The van der Waals surface area contributed by atoms with Crippen LogP contribution in [0.4, 0.5) is 0 Å². The Hall–Kier alpha value is -1.26. The maximum absolute atomic E-state index is 11.7. The van der Waals surface area contributed by atoms with Crippen molar-refractivity contribution in [2.75, 3.05) is 6.54 Å². The van der Waals surface area contributed by atoms with Crippen molar-refractivity contribution in [3.05, 3.63) is 44.8 Å². The average molecular weight is 485 g/mol. The highest BCUT2D eigenvalue weighted by Gasteiger charge is 2.17. The maximum Gasteiger partial charge on any atom is 0.238 e. The molecule has 6 nitrogen and oxygen atoms in total. The van der Waals surface area contributed by atoms with Gasteiger partial charge in [-0.1, -0.05) is 20.3 Å². The number of thiophene rings is 1. The van der Waals surface area contributed by atoms with Crippen LogP contribution < -0.4 is 5.14 Å². The van der Waals surface area contributed by atoms with E-state index in [2.05, 4.69) is 51.4 Å². The molecule has 0 amide bonds. The summed E-state index contributed by atoms with van der Waals surface area (Å²) in [5, 5.41) is 5.29. The van der Waals surface area contributed by atoms with Gasteiger partial charge in [-0.3, -0.25) is 4.90 Å². The number of benzene rings is 1. The van der Waals surface area contributed by atoms with Gasteiger partial charge in [-0.15, -0.1) is 11.3 Å². The number of nitrogens with two attached hydrogens (primary N) is 1. The minimum absolute atomic E-state index is 0.0995. The maximum atomic E-state index is 11.7. The zero-order valence-electron chi connectivity index (χ0n) is 16.1. The third kappa shape index (κ3) is 5.01. The molecular weight excluding hydrogens is 460 g/mol. The van der Waals surface area contributed by atoms with Crippen molar-refractivity contribution in [2.45, 2.75) is 51.2 Å². The van der Waals surface area contributed by atoms with Crippen LogP contribution in [-0.2, 0) is 29.7 Å². The molecule has 0 saturated carbocycles. The quantitative estimate of drug-likeness (QED) is 0.489. The molecule has 0 aliphatic carbocycles. The fourth-order valence-corrected chi connectivity index (χ4v) is 5.22. The summed E-state index contributed by atoms with van der Waals surface area (Å²) in [5.41, 5.74) is 1.62. The van der Waals surface area contributed by atoms with E-state index in [9.17, 15) is 8.42 Å². The van der Waals surface area contributed by atoms with Gasteiger partial charge in [0.05, 0.1) is 26.3 Å². The summed E-state index contributed by atoms with van der Waals surface area (Å²) < 4.78 is 26.7. The molecular formula is C19H25BrN4O2S2. The summed E-state index contributed by atoms with van der Waals surface area (Å²) in [5.74, 6) is 0.951. The molecule has 0 fully saturated rings. The summed E-state index contributed by atoms with van der Waals surface area (Å²) in [6.07, 6.45) is 2.12. The van der Waals surface area contributed by atoms with Crippen LogP contribution in [0.25, 0.3) is 11.0 Å². The number of aryl methyl sites for hydroxylation is 1. The number of hydrogen-bond acceptors (Lipinski definition) is 5. The van der Waals surface area contributed by atoms with Crippen LogP contribution in [-0.4, -0.2) is 29.4 Å². The lowest BCUT2D eigenvalue weighted by molar-refractivity contribution is 0.263. The molecule has 0 saturated heterocycles. The van der Waals surface area contributed by atoms with Gasteiger partial charge in [0.1, 0.15) is 5.82 Å².